The van der Waals surface area contributed by atoms with Crippen molar-refractivity contribution in [3.05, 3.63) is 24.4 Å². The molecular weight excluding hydrogens is 224 g/mol. The minimum atomic E-state index is 0.543. The molecule has 2 aromatic rings. The molecule has 1 aromatic carbocycles. The summed E-state index contributed by atoms with van der Waals surface area (Å²) in [6.07, 6.45) is 3.08. The van der Waals surface area contributed by atoms with Gasteiger partial charge in [-0.1, -0.05) is 12.1 Å². The summed E-state index contributed by atoms with van der Waals surface area (Å²) in [5.41, 5.74) is 2.28. The molecule has 0 aliphatic carbocycles. The number of benzene rings is 1. The molecule has 0 radical (unpaired) electrons. The number of aromatic amines is 1. The number of nitrogens with zero attached hydrogens (tertiary/aromatic N) is 2. The van der Waals surface area contributed by atoms with Crippen LogP contribution in [0.2, 0.25) is 0 Å². The highest BCUT2D eigenvalue weighted by Crippen LogP contribution is 2.23. The monoisotopic (exact) mass is 244 g/mol. The zero-order valence-corrected chi connectivity index (χ0v) is 11.0. The number of hydrogen-bond acceptors (Lipinski definition) is 3. The summed E-state index contributed by atoms with van der Waals surface area (Å²) in [5, 5.41) is 12.0. The van der Waals surface area contributed by atoms with E-state index in [4.69, 9.17) is 0 Å². The Morgan fingerprint density at radius 3 is 3.11 bits per heavy atom. The van der Waals surface area contributed by atoms with Crippen LogP contribution in [-0.4, -0.2) is 40.3 Å². The lowest BCUT2D eigenvalue weighted by Gasteiger charge is -2.21. The van der Waals surface area contributed by atoms with Gasteiger partial charge >= 0.3 is 0 Å². The van der Waals surface area contributed by atoms with Crippen LogP contribution in [0.4, 0.5) is 5.69 Å². The second-order valence-corrected chi connectivity index (χ2v) is 5.36. The van der Waals surface area contributed by atoms with Gasteiger partial charge in [0.25, 0.3) is 0 Å². The fourth-order valence-corrected chi connectivity index (χ4v) is 2.68. The molecule has 2 N–H and O–H groups in total. The average molecular weight is 244 g/mol. The number of H-pyrrole nitrogens is 1. The number of rotatable bonds is 3. The van der Waals surface area contributed by atoms with E-state index in [0.29, 0.717) is 12.1 Å². The third-order valence-corrected chi connectivity index (χ3v) is 3.79. The highest BCUT2D eigenvalue weighted by atomic mass is 15.2. The van der Waals surface area contributed by atoms with Gasteiger partial charge in [-0.05, 0) is 26.3 Å². The van der Waals surface area contributed by atoms with Crippen molar-refractivity contribution in [2.45, 2.75) is 32.4 Å². The molecule has 96 valence electrons. The van der Waals surface area contributed by atoms with Crippen molar-refractivity contribution < 1.29 is 0 Å². The summed E-state index contributed by atoms with van der Waals surface area (Å²) >= 11 is 0. The molecule has 0 amide bonds. The number of hydrogen-bond donors (Lipinski definition) is 2. The largest absolute Gasteiger partial charge is 0.379 e. The number of anilines is 1. The molecule has 2 heterocycles. The van der Waals surface area contributed by atoms with Crippen LogP contribution in [0.1, 0.15) is 20.3 Å². The molecular formula is C14H20N4. The van der Waals surface area contributed by atoms with Crippen molar-refractivity contribution in [3.63, 3.8) is 0 Å². The van der Waals surface area contributed by atoms with E-state index in [0.717, 1.165) is 12.1 Å². The lowest BCUT2D eigenvalue weighted by molar-refractivity contribution is 0.274. The van der Waals surface area contributed by atoms with Crippen LogP contribution in [0.25, 0.3) is 10.9 Å². The Morgan fingerprint density at radius 1 is 1.44 bits per heavy atom. The van der Waals surface area contributed by atoms with E-state index < -0.39 is 0 Å². The predicted octanol–water partition coefficient (Wildman–Crippen LogP) is 2.46. The molecule has 1 fully saturated rings. The van der Waals surface area contributed by atoms with Crippen molar-refractivity contribution in [1.82, 2.24) is 15.1 Å². The highest BCUT2D eigenvalue weighted by molar-refractivity contribution is 5.90. The molecule has 1 aromatic heterocycles. The Labute approximate surface area is 107 Å². The van der Waals surface area contributed by atoms with E-state index in [-0.39, 0.29) is 0 Å². The Morgan fingerprint density at radius 2 is 2.33 bits per heavy atom. The quantitative estimate of drug-likeness (QED) is 0.871. The maximum Gasteiger partial charge on any atom is 0.0881 e. The van der Waals surface area contributed by atoms with Crippen LogP contribution in [0.3, 0.4) is 0 Å². The van der Waals surface area contributed by atoms with Gasteiger partial charge in [0.15, 0.2) is 0 Å². The van der Waals surface area contributed by atoms with E-state index in [1.807, 2.05) is 6.20 Å². The second kappa shape index (κ2) is 4.61. The molecule has 1 atom stereocenters. The van der Waals surface area contributed by atoms with E-state index in [2.05, 4.69) is 52.5 Å². The first-order valence-corrected chi connectivity index (χ1v) is 6.67. The molecule has 1 aliphatic heterocycles. The van der Waals surface area contributed by atoms with Crippen molar-refractivity contribution in [2.75, 3.05) is 18.4 Å². The topological polar surface area (TPSA) is 44.0 Å². The second-order valence-electron chi connectivity index (χ2n) is 5.36. The molecule has 1 saturated heterocycles. The molecule has 3 rings (SSSR count). The fraction of sp³-hybridized carbons (Fsp3) is 0.500. The van der Waals surface area contributed by atoms with E-state index in [9.17, 15) is 0 Å². The molecule has 4 heteroatoms. The molecule has 1 unspecified atom stereocenters. The van der Waals surface area contributed by atoms with Gasteiger partial charge in [-0.3, -0.25) is 10.00 Å². The summed E-state index contributed by atoms with van der Waals surface area (Å²) < 4.78 is 0. The van der Waals surface area contributed by atoms with E-state index >= 15 is 0 Å². The Kier molecular flexibility index (Phi) is 2.96. The van der Waals surface area contributed by atoms with Crippen LogP contribution in [0.15, 0.2) is 24.4 Å². The van der Waals surface area contributed by atoms with Crippen molar-refractivity contribution >= 4 is 16.6 Å². The standard InChI is InChI=1S/C14H20N4/c1-10(2)18-7-6-12(9-18)16-13-5-3-4-11-8-15-17-14(11)13/h3-5,8,10,12,16H,6-7,9H2,1-2H3,(H,15,17). The van der Waals surface area contributed by atoms with Crippen LogP contribution in [-0.2, 0) is 0 Å². The summed E-state index contributed by atoms with van der Waals surface area (Å²) in [5.74, 6) is 0. The summed E-state index contributed by atoms with van der Waals surface area (Å²) in [6.45, 7) is 6.84. The molecule has 18 heavy (non-hydrogen) atoms. The van der Waals surface area contributed by atoms with Crippen molar-refractivity contribution in [1.29, 1.82) is 0 Å². The first kappa shape index (κ1) is 11.5. The van der Waals surface area contributed by atoms with Crippen LogP contribution in [0.5, 0.6) is 0 Å². The molecule has 1 aliphatic rings. The Hall–Kier alpha value is -1.55. The minimum absolute atomic E-state index is 0.543. The zero-order valence-electron chi connectivity index (χ0n) is 11.0. The Bertz CT molecular complexity index is 531. The minimum Gasteiger partial charge on any atom is -0.379 e. The van der Waals surface area contributed by atoms with Crippen LogP contribution < -0.4 is 5.32 Å². The normalized spacial score (nSPS) is 20.9. The maximum atomic E-state index is 4.10. The maximum absolute atomic E-state index is 4.10. The lowest BCUT2D eigenvalue weighted by Crippen LogP contribution is -2.31. The number of aromatic nitrogens is 2. The summed E-state index contributed by atoms with van der Waals surface area (Å²) in [7, 11) is 0. The first-order chi connectivity index (χ1) is 8.74. The molecule has 4 nitrogen and oxygen atoms in total. The number of para-hydroxylation sites is 1. The summed E-state index contributed by atoms with van der Waals surface area (Å²) in [4.78, 5) is 2.52. The smallest absolute Gasteiger partial charge is 0.0881 e. The van der Waals surface area contributed by atoms with Crippen molar-refractivity contribution in [2.24, 2.45) is 0 Å². The zero-order chi connectivity index (χ0) is 12.5. The van der Waals surface area contributed by atoms with Gasteiger partial charge in [-0.15, -0.1) is 0 Å². The van der Waals surface area contributed by atoms with Gasteiger partial charge in [0.1, 0.15) is 0 Å². The van der Waals surface area contributed by atoms with Gasteiger partial charge in [0.05, 0.1) is 17.4 Å². The Balaban J connectivity index is 1.75. The average Bonchev–Trinajstić information content (AvgIpc) is 2.97. The predicted molar refractivity (Wildman–Crippen MR) is 74.8 cm³/mol. The number of fused-ring (bicyclic) bond motifs is 1. The van der Waals surface area contributed by atoms with Crippen molar-refractivity contribution in [3.8, 4) is 0 Å². The van der Waals surface area contributed by atoms with Crippen LogP contribution in [0, 0.1) is 0 Å². The molecule has 0 spiro atoms. The van der Waals surface area contributed by atoms with E-state index in [1.165, 1.54) is 24.0 Å². The molecule has 0 saturated carbocycles. The molecule has 0 bridgehead atoms. The van der Waals surface area contributed by atoms with Gasteiger partial charge in [0, 0.05) is 30.6 Å². The highest BCUT2D eigenvalue weighted by Gasteiger charge is 2.24. The van der Waals surface area contributed by atoms with E-state index in [1.54, 1.807) is 0 Å². The number of nitrogens with one attached hydrogen (secondary N) is 2. The lowest BCUT2D eigenvalue weighted by atomic mass is 10.2. The SMILES string of the molecule is CC(C)N1CCC(Nc2cccc3cn[nH]c23)C1. The van der Waals surface area contributed by atoms with Gasteiger partial charge in [-0.2, -0.15) is 5.10 Å². The van der Waals surface area contributed by atoms with Gasteiger partial charge in [-0.25, -0.2) is 0 Å². The first-order valence-electron chi connectivity index (χ1n) is 6.67. The number of likely N-dealkylation sites (tertiary alicyclic amines) is 1. The summed E-state index contributed by atoms with van der Waals surface area (Å²) in [6, 6.07) is 7.47. The fourth-order valence-electron chi connectivity index (χ4n) is 2.68. The van der Waals surface area contributed by atoms with Crippen LogP contribution >= 0.6 is 0 Å². The third kappa shape index (κ3) is 2.08. The third-order valence-electron chi connectivity index (χ3n) is 3.79. The van der Waals surface area contributed by atoms with Gasteiger partial charge in [0.2, 0.25) is 0 Å². The van der Waals surface area contributed by atoms with Gasteiger partial charge < -0.3 is 5.32 Å².